The standard InChI is InChI=1S/C18H22O4/c19-17(20)12-2-5-18(6-3-12)7-4-13-10-15-16(11-14(13)18)22-9-1-8-21-15/h10-12H,1-9H2,(H,19,20). The average molecular weight is 302 g/mol. The number of ether oxygens (including phenoxy) is 2. The van der Waals surface area contributed by atoms with Gasteiger partial charge in [0.2, 0.25) is 0 Å². The lowest BCUT2D eigenvalue weighted by atomic mass is 9.67. The number of hydrogen-bond acceptors (Lipinski definition) is 3. The van der Waals surface area contributed by atoms with Crippen molar-refractivity contribution in [3.05, 3.63) is 23.3 Å². The highest BCUT2D eigenvalue weighted by Gasteiger charge is 2.43. The van der Waals surface area contributed by atoms with Crippen molar-refractivity contribution in [2.45, 2.75) is 50.4 Å². The van der Waals surface area contributed by atoms with Crippen LogP contribution in [0, 0.1) is 5.92 Å². The Hall–Kier alpha value is -1.71. The molecule has 0 unspecified atom stereocenters. The van der Waals surface area contributed by atoms with E-state index in [1.165, 1.54) is 11.1 Å². The van der Waals surface area contributed by atoms with Crippen molar-refractivity contribution in [2.24, 2.45) is 5.92 Å². The molecule has 1 fully saturated rings. The number of aryl methyl sites for hydroxylation is 1. The third-order valence-electron chi connectivity index (χ3n) is 5.71. The minimum absolute atomic E-state index is 0.157. The molecule has 1 aromatic rings. The van der Waals surface area contributed by atoms with E-state index in [1.807, 2.05) is 0 Å². The summed E-state index contributed by atoms with van der Waals surface area (Å²) in [5.74, 6) is 0.965. The highest BCUT2D eigenvalue weighted by molar-refractivity contribution is 5.70. The van der Waals surface area contributed by atoms with Crippen molar-refractivity contribution in [3.63, 3.8) is 0 Å². The van der Waals surface area contributed by atoms with E-state index in [4.69, 9.17) is 9.47 Å². The molecule has 1 aliphatic heterocycles. The first-order valence-electron chi connectivity index (χ1n) is 8.34. The highest BCUT2D eigenvalue weighted by atomic mass is 16.5. The third-order valence-corrected chi connectivity index (χ3v) is 5.71. The van der Waals surface area contributed by atoms with Crippen molar-refractivity contribution < 1.29 is 19.4 Å². The van der Waals surface area contributed by atoms with E-state index < -0.39 is 5.97 Å². The molecule has 4 nitrogen and oxygen atoms in total. The lowest BCUT2D eigenvalue weighted by molar-refractivity contribution is -0.143. The summed E-state index contributed by atoms with van der Waals surface area (Å²) >= 11 is 0. The predicted octanol–water partition coefficient (Wildman–Crippen LogP) is 3.31. The summed E-state index contributed by atoms with van der Waals surface area (Å²) in [6, 6.07) is 4.35. The second-order valence-corrected chi connectivity index (χ2v) is 6.90. The molecule has 1 spiro atoms. The molecular weight excluding hydrogens is 280 g/mol. The van der Waals surface area contributed by atoms with Crippen LogP contribution in [0.4, 0.5) is 0 Å². The van der Waals surface area contributed by atoms with E-state index in [1.54, 1.807) is 0 Å². The molecule has 118 valence electrons. The van der Waals surface area contributed by atoms with Gasteiger partial charge in [-0.2, -0.15) is 0 Å². The summed E-state index contributed by atoms with van der Waals surface area (Å²) in [5, 5.41) is 9.22. The van der Waals surface area contributed by atoms with Crippen LogP contribution in [0.15, 0.2) is 12.1 Å². The summed E-state index contributed by atoms with van der Waals surface area (Å²) in [7, 11) is 0. The number of carboxylic acids is 1. The Labute approximate surface area is 130 Å². The number of carboxylic acid groups (broad SMARTS) is 1. The van der Waals surface area contributed by atoms with Gasteiger partial charge >= 0.3 is 5.97 Å². The van der Waals surface area contributed by atoms with Crippen LogP contribution in [0.2, 0.25) is 0 Å². The number of carbonyl (C=O) groups is 1. The smallest absolute Gasteiger partial charge is 0.306 e. The molecule has 4 heteroatoms. The first-order chi connectivity index (χ1) is 10.7. The van der Waals surface area contributed by atoms with E-state index in [-0.39, 0.29) is 11.3 Å². The summed E-state index contributed by atoms with van der Waals surface area (Å²) in [4.78, 5) is 11.2. The van der Waals surface area contributed by atoms with Crippen LogP contribution in [0.1, 0.15) is 49.7 Å². The van der Waals surface area contributed by atoms with E-state index >= 15 is 0 Å². The van der Waals surface area contributed by atoms with Gasteiger partial charge in [-0.3, -0.25) is 4.79 Å². The van der Waals surface area contributed by atoms with Gasteiger partial charge < -0.3 is 14.6 Å². The molecule has 0 saturated heterocycles. The molecule has 3 aliphatic rings. The molecule has 4 rings (SSSR count). The molecule has 0 radical (unpaired) electrons. The Bertz CT molecular complexity index is 599. The van der Waals surface area contributed by atoms with E-state index in [0.29, 0.717) is 6.61 Å². The van der Waals surface area contributed by atoms with E-state index in [2.05, 4.69) is 12.1 Å². The fourth-order valence-electron chi connectivity index (χ4n) is 4.40. The zero-order valence-corrected chi connectivity index (χ0v) is 12.8. The zero-order chi connectivity index (χ0) is 15.2. The summed E-state index contributed by atoms with van der Waals surface area (Å²) in [6.07, 6.45) is 6.69. The molecule has 1 saturated carbocycles. The normalized spacial score (nSPS) is 29.9. The van der Waals surface area contributed by atoms with Gasteiger partial charge in [-0.15, -0.1) is 0 Å². The molecule has 2 aliphatic carbocycles. The fraction of sp³-hybridized carbons (Fsp3) is 0.611. The van der Waals surface area contributed by atoms with Gasteiger partial charge in [0.1, 0.15) is 0 Å². The van der Waals surface area contributed by atoms with Gasteiger partial charge in [-0.1, -0.05) is 0 Å². The van der Waals surface area contributed by atoms with Crippen LogP contribution >= 0.6 is 0 Å². The van der Waals surface area contributed by atoms with Crippen LogP contribution in [-0.4, -0.2) is 24.3 Å². The van der Waals surface area contributed by atoms with Gasteiger partial charge in [0, 0.05) is 6.42 Å². The lowest BCUT2D eigenvalue weighted by Crippen LogP contribution is -2.32. The number of hydrogen-bond donors (Lipinski definition) is 1. The first kappa shape index (κ1) is 13.9. The number of benzene rings is 1. The first-order valence-corrected chi connectivity index (χ1v) is 8.34. The number of aliphatic carboxylic acids is 1. The van der Waals surface area contributed by atoms with Gasteiger partial charge in [0.05, 0.1) is 19.1 Å². The maximum Gasteiger partial charge on any atom is 0.306 e. The van der Waals surface area contributed by atoms with E-state index in [0.717, 1.165) is 63.1 Å². The van der Waals surface area contributed by atoms with Crippen molar-refractivity contribution in [2.75, 3.05) is 13.2 Å². The quantitative estimate of drug-likeness (QED) is 0.864. The molecule has 0 atom stereocenters. The van der Waals surface area contributed by atoms with Gasteiger partial charge in [0.15, 0.2) is 11.5 Å². The van der Waals surface area contributed by atoms with Crippen LogP contribution in [0.3, 0.4) is 0 Å². The van der Waals surface area contributed by atoms with Gasteiger partial charge in [0.25, 0.3) is 0 Å². The Balaban J connectivity index is 1.65. The topological polar surface area (TPSA) is 55.8 Å². The molecule has 22 heavy (non-hydrogen) atoms. The summed E-state index contributed by atoms with van der Waals surface area (Å²) in [6.45, 7) is 1.43. The maximum absolute atomic E-state index is 11.2. The minimum atomic E-state index is -0.633. The second kappa shape index (κ2) is 5.18. The Morgan fingerprint density at radius 2 is 1.77 bits per heavy atom. The van der Waals surface area contributed by atoms with Crippen LogP contribution in [-0.2, 0) is 16.6 Å². The van der Waals surface area contributed by atoms with Crippen molar-refractivity contribution >= 4 is 5.97 Å². The predicted molar refractivity (Wildman–Crippen MR) is 81.6 cm³/mol. The molecule has 0 amide bonds. The largest absolute Gasteiger partial charge is 0.490 e. The van der Waals surface area contributed by atoms with Gasteiger partial charge in [-0.05, 0) is 67.2 Å². The number of rotatable bonds is 1. The Morgan fingerprint density at radius 3 is 2.45 bits per heavy atom. The fourth-order valence-corrected chi connectivity index (χ4v) is 4.40. The van der Waals surface area contributed by atoms with Crippen molar-refractivity contribution in [1.82, 2.24) is 0 Å². The van der Waals surface area contributed by atoms with Gasteiger partial charge in [-0.25, -0.2) is 0 Å². The monoisotopic (exact) mass is 302 g/mol. The van der Waals surface area contributed by atoms with Crippen molar-refractivity contribution in [1.29, 1.82) is 0 Å². The zero-order valence-electron chi connectivity index (χ0n) is 12.8. The van der Waals surface area contributed by atoms with Crippen molar-refractivity contribution in [3.8, 4) is 11.5 Å². The molecule has 0 bridgehead atoms. The highest BCUT2D eigenvalue weighted by Crippen LogP contribution is 2.52. The average Bonchev–Trinajstić information content (AvgIpc) is 2.72. The number of fused-ring (bicyclic) bond motifs is 3. The van der Waals surface area contributed by atoms with Crippen LogP contribution in [0.5, 0.6) is 11.5 Å². The molecular formula is C18H22O4. The molecule has 0 aromatic heterocycles. The molecule has 1 N–H and O–H groups in total. The SMILES string of the molecule is O=C(O)C1CCC2(CCc3cc4c(cc32)OCCCO4)CC1. The lowest BCUT2D eigenvalue weighted by Gasteiger charge is -2.37. The maximum atomic E-state index is 11.2. The Kier molecular flexibility index (Phi) is 3.28. The van der Waals surface area contributed by atoms with Crippen LogP contribution < -0.4 is 9.47 Å². The minimum Gasteiger partial charge on any atom is -0.490 e. The summed E-state index contributed by atoms with van der Waals surface area (Å²) < 4.78 is 11.6. The Morgan fingerprint density at radius 1 is 1.09 bits per heavy atom. The molecule has 1 aromatic carbocycles. The summed E-state index contributed by atoms with van der Waals surface area (Å²) in [5.41, 5.74) is 2.94. The molecule has 1 heterocycles. The second-order valence-electron chi connectivity index (χ2n) is 6.90. The van der Waals surface area contributed by atoms with Crippen LogP contribution in [0.25, 0.3) is 0 Å². The van der Waals surface area contributed by atoms with E-state index in [9.17, 15) is 9.90 Å². The third kappa shape index (κ3) is 2.16.